The molecule has 0 aliphatic rings. The Bertz CT molecular complexity index is 732. The van der Waals surface area contributed by atoms with Gasteiger partial charge in [0, 0.05) is 13.0 Å². The van der Waals surface area contributed by atoms with Crippen LogP contribution in [0.15, 0.2) is 54.6 Å². The molecule has 6 nitrogen and oxygen atoms in total. The molecule has 0 heterocycles. The average molecular weight is 384 g/mol. The van der Waals surface area contributed by atoms with Crippen molar-refractivity contribution < 1.29 is 19.4 Å². The minimum Gasteiger partial charge on any atom is -0.508 e. The molecule has 0 bridgehead atoms. The first-order chi connectivity index (χ1) is 13.6. The second-order valence-corrected chi connectivity index (χ2v) is 6.60. The standard InChI is InChI=1S/C22H28N2O4/c23-15-6-2-5-9-21(26)24(16-14-18-10-12-20(25)13-11-18)22(27)28-17-19-7-3-1-4-8-19/h1,3-4,7-8,10-13,25H,2,5-6,9,14-17,23H2. The van der Waals surface area contributed by atoms with E-state index < -0.39 is 6.09 Å². The van der Waals surface area contributed by atoms with Crippen LogP contribution in [0, 0.1) is 0 Å². The number of aromatic hydroxyl groups is 1. The third-order valence-corrected chi connectivity index (χ3v) is 4.38. The van der Waals surface area contributed by atoms with E-state index in [1.807, 2.05) is 30.3 Å². The highest BCUT2D eigenvalue weighted by Gasteiger charge is 2.22. The molecule has 0 saturated carbocycles. The maximum Gasteiger partial charge on any atom is 0.416 e. The summed E-state index contributed by atoms with van der Waals surface area (Å²) in [5.41, 5.74) is 7.27. The molecule has 2 aromatic carbocycles. The minimum absolute atomic E-state index is 0.121. The van der Waals surface area contributed by atoms with Crippen molar-refractivity contribution in [2.24, 2.45) is 5.73 Å². The highest BCUT2D eigenvalue weighted by molar-refractivity contribution is 5.91. The lowest BCUT2D eigenvalue weighted by atomic mass is 10.1. The molecule has 0 aromatic heterocycles. The molecular formula is C22H28N2O4. The number of imide groups is 1. The predicted octanol–water partition coefficient (Wildman–Crippen LogP) is 3.62. The molecular weight excluding hydrogens is 356 g/mol. The summed E-state index contributed by atoms with van der Waals surface area (Å²) < 4.78 is 5.35. The van der Waals surface area contributed by atoms with Crippen LogP contribution < -0.4 is 5.73 Å². The minimum atomic E-state index is -0.633. The Morgan fingerprint density at radius 3 is 2.32 bits per heavy atom. The van der Waals surface area contributed by atoms with Gasteiger partial charge < -0.3 is 15.6 Å². The van der Waals surface area contributed by atoms with E-state index >= 15 is 0 Å². The number of phenols is 1. The summed E-state index contributed by atoms with van der Waals surface area (Å²) in [5.74, 6) is -0.0623. The molecule has 0 atom stereocenters. The van der Waals surface area contributed by atoms with Crippen molar-refractivity contribution in [3.05, 3.63) is 65.7 Å². The van der Waals surface area contributed by atoms with Crippen molar-refractivity contribution in [1.82, 2.24) is 4.90 Å². The van der Waals surface area contributed by atoms with Gasteiger partial charge in [-0.1, -0.05) is 48.9 Å². The van der Waals surface area contributed by atoms with Crippen LogP contribution in [0.5, 0.6) is 5.75 Å². The highest BCUT2D eigenvalue weighted by atomic mass is 16.6. The Hall–Kier alpha value is -2.86. The number of unbranched alkanes of at least 4 members (excludes halogenated alkanes) is 2. The number of amides is 2. The summed E-state index contributed by atoms with van der Waals surface area (Å²) in [6.45, 7) is 0.946. The molecule has 0 fully saturated rings. The van der Waals surface area contributed by atoms with Crippen LogP contribution in [-0.4, -0.2) is 35.1 Å². The second kappa shape index (κ2) is 11.8. The first-order valence-corrected chi connectivity index (χ1v) is 9.59. The van der Waals surface area contributed by atoms with Crippen molar-refractivity contribution in [3.63, 3.8) is 0 Å². The number of benzene rings is 2. The molecule has 0 aliphatic carbocycles. The topological polar surface area (TPSA) is 92.9 Å². The normalized spacial score (nSPS) is 10.5. The maximum atomic E-state index is 12.6. The summed E-state index contributed by atoms with van der Waals surface area (Å²) in [5, 5.41) is 9.38. The average Bonchev–Trinajstić information content (AvgIpc) is 2.72. The number of nitrogens with two attached hydrogens (primary N) is 1. The van der Waals surface area contributed by atoms with E-state index in [9.17, 15) is 14.7 Å². The van der Waals surface area contributed by atoms with Crippen LogP contribution in [0.1, 0.15) is 36.8 Å². The number of nitrogens with zero attached hydrogens (tertiary/aromatic N) is 1. The first kappa shape index (κ1) is 21.4. The van der Waals surface area contributed by atoms with Crippen molar-refractivity contribution in [2.75, 3.05) is 13.1 Å². The summed E-state index contributed by atoms with van der Waals surface area (Å²) >= 11 is 0. The Balaban J connectivity index is 1.95. The van der Waals surface area contributed by atoms with E-state index in [1.54, 1.807) is 24.3 Å². The fraction of sp³-hybridized carbons (Fsp3) is 0.364. The Morgan fingerprint density at radius 2 is 1.64 bits per heavy atom. The largest absolute Gasteiger partial charge is 0.508 e. The van der Waals surface area contributed by atoms with E-state index in [0.29, 0.717) is 19.4 Å². The maximum absolute atomic E-state index is 12.6. The fourth-order valence-corrected chi connectivity index (χ4v) is 2.75. The van der Waals surface area contributed by atoms with Gasteiger partial charge in [-0.25, -0.2) is 9.69 Å². The quantitative estimate of drug-likeness (QED) is 0.610. The fourth-order valence-electron chi connectivity index (χ4n) is 2.75. The molecule has 0 unspecified atom stereocenters. The third-order valence-electron chi connectivity index (χ3n) is 4.38. The summed E-state index contributed by atoms with van der Waals surface area (Å²) in [4.78, 5) is 26.3. The molecule has 2 amide bonds. The van der Waals surface area contributed by atoms with Gasteiger partial charge in [-0.15, -0.1) is 0 Å². The number of hydrogen-bond donors (Lipinski definition) is 2. The smallest absolute Gasteiger partial charge is 0.416 e. The number of ether oxygens (including phenoxy) is 1. The van der Waals surface area contributed by atoms with E-state index in [1.165, 1.54) is 4.90 Å². The van der Waals surface area contributed by atoms with E-state index in [4.69, 9.17) is 10.5 Å². The third kappa shape index (κ3) is 7.40. The van der Waals surface area contributed by atoms with E-state index in [2.05, 4.69) is 0 Å². The van der Waals surface area contributed by atoms with Gasteiger partial charge in [-0.05, 0) is 49.1 Å². The van der Waals surface area contributed by atoms with Crippen LogP contribution >= 0.6 is 0 Å². The van der Waals surface area contributed by atoms with Gasteiger partial charge in [-0.2, -0.15) is 0 Å². The molecule has 2 aromatic rings. The van der Waals surface area contributed by atoms with Gasteiger partial charge in [0.15, 0.2) is 0 Å². The molecule has 2 rings (SSSR count). The zero-order valence-electron chi connectivity index (χ0n) is 16.0. The Morgan fingerprint density at radius 1 is 0.929 bits per heavy atom. The van der Waals surface area contributed by atoms with Crippen LogP contribution in [-0.2, 0) is 22.6 Å². The molecule has 0 aliphatic heterocycles. The molecule has 150 valence electrons. The van der Waals surface area contributed by atoms with Gasteiger partial charge in [0.2, 0.25) is 5.91 Å². The van der Waals surface area contributed by atoms with Crippen molar-refractivity contribution >= 4 is 12.0 Å². The van der Waals surface area contributed by atoms with Gasteiger partial charge >= 0.3 is 6.09 Å². The first-order valence-electron chi connectivity index (χ1n) is 9.59. The molecule has 3 N–H and O–H groups in total. The van der Waals surface area contributed by atoms with Gasteiger partial charge in [0.1, 0.15) is 12.4 Å². The summed E-state index contributed by atoms with van der Waals surface area (Å²) in [7, 11) is 0. The Labute approximate surface area is 165 Å². The lowest BCUT2D eigenvalue weighted by Crippen LogP contribution is -2.38. The monoisotopic (exact) mass is 384 g/mol. The summed E-state index contributed by atoms with van der Waals surface area (Å²) in [6, 6.07) is 16.1. The highest BCUT2D eigenvalue weighted by Crippen LogP contribution is 2.13. The van der Waals surface area contributed by atoms with Gasteiger partial charge in [0.05, 0.1) is 0 Å². The SMILES string of the molecule is NCCCCCC(=O)N(CCc1ccc(O)cc1)C(=O)OCc1ccccc1. The molecule has 6 heteroatoms. The lowest BCUT2D eigenvalue weighted by molar-refractivity contribution is -0.129. The zero-order valence-corrected chi connectivity index (χ0v) is 16.0. The second-order valence-electron chi connectivity index (χ2n) is 6.60. The number of hydrogen-bond acceptors (Lipinski definition) is 5. The van der Waals surface area contributed by atoms with Crippen LogP contribution in [0.2, 0.25) is 0 Å². The van der Waals surface area contributed by atoms with Gasteiger partial charge in [0.25, 0.3) is 0 Å². The van der Waals surface area contributed by atoms with Crippen molar-refractivity contribution in [2.45, 2.75) is 38.7 Å². The van der Waals surface area contributed by atoms with E-state index in [0.717, 1.165) is 24.0 Å². The van der Waals surface area contributed by atoms with E-state index in [-0.39, 0.29) is 31.2 Å². The number of carbonyl (C=O) groups is 2. The van der Waals surface area contributed by atoms with Crippen LogP contribution in [0.3, 0.4) is 0 Å². The zero-order chi connectivity index (χ0) is 20.2. The number of rotatable bonds is 10. The molecule has 0 saturated heterocycles. The van der Waals surface area contributed by atoms with Crippen molar-refractivity contribution in [3.8, 4) is 5.75 Å². The number of phenolic OH excluding ortho intramolecular Hbond substituents is 1. The molecule has 0 radical (unpaired) electrons. The lowest BCUT2D eigenvalue weighted by Gasteiger charge is -2.20. The predicted molar refractivity (Wildman–Crippen MR) is 108 cm³/mol. The molecule has 28 heavy (non-hydrogen) atoms. The number of carbonyl (C=O) groups excluding carboxylic acids is 2. The van der Waals surface area contributed by atoms with Crippen LogP contribution in [0.25, 0.3) is 0 Å². The summed E-state index contributed by atoms with van der Waals surface area (Å²) in [6.07, 6.45) is 2.56. The molecule has 0 spiro atoms. The van der Waals surface area contributed by atoms with Crippen LogP contribution in [0.4, 0.5) is 4.79 Å². The van der Waals surface area contributed by atoms with Crippen molar-refractivity contribution in [1.29, 1.82) is 0 Å². The van der Waals surface area contributed by atoms with Gasteiger partial charge in [-0.3, -0.25) is 4.79 Å². The Kier molecular flexibility index (Phi) is 9.01.